The van der Waals surface area contributed by atoms with E-state index in [0.29, 0.717) is 18.9 Å². The molecule has 0 aromatic rings. The zero-order valence-electron chi connectivity index (χ0n) is 12.1. The van der Waals surface area contributed by atoms with Crippen molar-refractivity contribution in [3.63, 3.8) is 0 Å². The first-order valence-electron chi connectivity index (χ1n) is 6.57. The summed E-state index contributed by atoms with van der Waals surface area (Å²) in [5, 5.41) is 11.7. The molecule has 0 bridgehead atoms. The second kappa shape index (κ2) is 7.95. The van der Waals surface area contributed by atoms with Crippen LogP contribution in [-0.2, 0) is 4.79 Å². The first-order valence-corrected chi connectivity index (χ1v) is 6.57. The van der Waals surface area contributed by atoms with Crippen molar-refractivity contribution in [2.24, 2.45) is 11.8 Å². The molecule has 0 rings (SSSR count). The molecule has 0 saturated carbocycles. The van der Waals surface area contributed by atoms with Crippen LogP contribution in [0.5, 0.6) is 0 Å². The smallest absolute Gasteiger partial charge is 0.326 e. The molecule has 2 N–H and O–H groups in total. The largest absolute Gasteiger partial charge is 0.480 e. The van der Waals surface area contributed by atoms with Gasteiger partial charge in [0.25, 0.3) is 0 Å². The number of hydrogen-bond donors (Lipinski definition) is 2. The highest BCUT2D eigenvalue weighted by molar-refractivity contribution is 5.82. The third kappa shape index (κ3) is 5.38. The van der Waals surface area contributed by atoms with Gasteiger partial charge in [-0.25, -0.2) is 9.59 Å². The van der Waals surface area contributed by atoms with Gasteiger partial charge in [-0.2, -0.15) is 0 Å². The maximum absolute atomic E-state index is 11.9. The Morgan fingerprint density at radius 3 is 2.17 bits per heavy atom. The molecule has 0 saturated heterocycles. The summed E-state index contributed by atoms with van der Waals surface area (Å²) in [5.74, 6) is -0.647. The number of carboxylic acid groups (broad SMARTS) is 1. The molecule has 1 unspecified atom stereocenters. The van der Waals surface area contributed by atoms with Crippen LogP contribution in [0.15, 0.2) is 0 Å². The summed E-state index contributed by atoms with van der Waals surface area (Å²) in [5.41, 5.74) is 0. The second-order valence-corrected chi connectivity index (χ2v) is 5.04. The van der Waals surface area contributed by atoms with Gasteiger partial charge in [0.05, 0.1) is 0 Å². The van der Waals surface area contributed by atoms with Crippen LogP contribution in [0.4, 0.5) is 4.79 Å². The van der Waals surface area contributed by atoms with E-state index in [1.54, 1.807) is 11.9 Å². The topological polar surface area (TPSA) is 69.6 Å². The molecule has 106 valence electrons. The number of aliphatic carboxylic acids is 1. The maximum atomic E-state index is 11.9. The first-order chi connectivity index (χ1) is 8.33. The summed E-state index contributed by atoms with van der Waals surface area (Å²) in [4.78, 5) is 24.5. The van der Waals surface area contributed by atoms with Crippen molar-refractivity contribution in [3.05, 3.63) is 0 Å². The van der Waals surface area contributed by atoms with E-state index < -0.39 is 12.0 Å². The number of hydrogen-bond acceptors (Lipinski definition) is 2. The van der Waals surface area contributed by atoms with Gasteiger partial charge in [0.2, 0.25) is 0 Å². The van der Waals surface area contributed by atoms with Crippen molar-refractivity contribution in [2.75, 3.05) is 13.6 Å². The van der Waals surface area contributed by atoms with E-state index in [2.05, 4.69) is 19.2 Å². The average molecular weight is 258 g/mol. The molecular weight excluding hydrogens is 232 g/mol. The molecule has 0 heterocycles. The zero-order valence-corrected chi connectivity index (χ0v) is 12.1. The Labute approximate surface area is 110 Å². The third-order valence-corrected chi connectivity index (χ3v) is 3.39. The van der Waals surface area contributed by atoms with Crippen LogP contribution in [0.3, 0.4) is 0 Å². The summed E-state index contributed by atoms with van der Waals surface area (Å²) >= 11 is 0. The number of carboxylic acids is 1. The van der Waals surface area contributed by atoms with E-state index in [1.807, 2.05) is 13.8 Å². The predicted molar refractivity (Wildman–Crippen MR) is 71.5 cm³/mol. The molecule has 0 aliphatic rings. The van der Waals surface area contributed by atoms with Crippen LogP contribution in [-0.4, -0.2) is 41.6 Å². The van der Waals surface area contributed by atoms with Gasteiger partial charge >= 0.3 is 12.0 Å². The van der Waals surface area contributed by atoms with Gasteiger partial charge in [0.15, 0.2) is 0 Å². The molecule has 5 nitrogen and oxygen atoms in total. The molecule has 2 amide bonds. The highest BCUT2D eigenvalue weighted by Gasteiger charge is 2.26. The Bertz CT molecular complexity index is 281. The number of carbonyl (C=O) groups is 2. The minimum Gasteiger partial charge on any atom is -0.480 e. The number of amides is 2. The molecule has 0 radical (unpaired) electrons. The Morgan fingerprint density at radius 1 is 1.22 bits per heavy atom. The summed E-state index contributed by atoms with van der Waals surface area (Å²) in [6.07, 6.45) is 1.71. The number of nitrogens with zero attached hydrogens (tertiary/aromatic N) is 1. The summed E-state index contributed by atoms with van der Waals surface area (Å²) in [6.45, 7) is 8.50. The minimum absolute atomic E-state index is 0.0801. The van der Waals surface area contributed by atoms with E-state index in [9.17, 15) is 9.59 Å². The van der Waals surface area contributed by atoms with Crippen molar-refractivity contribution in [1.82, 2.24) is 10.2 Å². The van der Waals surface area contributed by atoms with E-state index >= 15 is 0 Å². The van der Waals surface area contributed by atoms with Crippen LogP contribution in [0.25, 0.3) is 0 Å². The zero-order chi connectivity index (χ0) is 14.3. The Kier molecular flexibility index (Phi) is 7.39. The Morgan fingerprint density at radius 2 is 1.78 bits per heavy atom. The van der Waals surface area contributed by atoms with Gasteiger partial charge in [-0.3, -0.25) is 0 Å². The van der Waals surface area contributed by atoms with Gasteiger partial charge in [-0.15, -0.1) is 0 Å². The fourth-order valence-corrected chi connectivity index (χ4v) is 1.61. The molecule has 0 aliphatic heterocycles. The summed E-state index contributed by atoms with van der Waals surface area (Å²) in [7, 11) is 1.69. The third-order valence-electron chi connectivity index (χ3n) is 3.39. The summed E-state index contributed by atoms with van der Waals surface area (Å²) in [6, 6.07) is -1.13. The molecule has 0 aromatic carbocycles. The monoisotopic (exact) mass is 258 g/mol. The molecule has 3 atom stereocenters. The van der Waals surface area contributed by atoms with Crippen LogP contribution in [0.2, 0.25) is 0 Å². The van der Waals surface area contributed by atoms with Gasteiger partial charge in [0.1, 0.15) is 6.04 Å². The van der Waals surface area contributed by atoms with Crippen LogP contribution >= 0.6 is 0 Å². The quantitative estimate of drug-likeness (QED) is 0.735. The van der Waals surface area contributed by atoms with Crippen molar-refractivity contribution in [1.29, 1.82) is 0 Å². The number of urea groups is 1. The first kappa shape index (κ1) is 16.7. The predicted octanol–water partition coefficient (Wildman–Crippen LogP) is 2.17. The Balaban J connectivity index is 4.46. The lowest BCUT2D eigenvalue weighted by molar-refractivity contribution is -0.140. The normalized spacial score (nSPS) is 15.6. The van der Waals surface area contributed by atoms with Gasteiger partial charge in [-0.05, 0) is 11.8 Å². The van der Waals surface area contributed by atoms with Crippen molar-refractivity contribution >= 4 is 12.0 Å². The maximum Gasteiger partial charge on any atom is 0.326 e. The molecule has 0 spiro atoms. The lowest BCUT2D eigenvalue weighted by Crippen LogP contribution is -2.50. The van der Waals surface area contributed by atoms with Gasteiger partial charge in [0, 0.05) is 13.6 Å². The molecule has 0 aromatic heterocycles. The number of rotatable bonds is 7. The van der Waals surface area contributed by atoms with Crippen LogP contribution < -0.4 is 5.32 Å². The Hall–Kier alpha value is -1.26. The van der Waals surface area contributed by atoms with Gasteiger partial charge < -0.3 is 15.3 Å². The fraction of sp³-hybridized carbons (Fsp3) is 0.846. The SMILES string of the molecule is CCC(C)CN(C)C(=O)N[C@H](C(=O)O)[C@@H](C)CC. The molecular formula is C13H26N2O3. The van der Waals surface area contributed by atoms with Crippen LogP contribution in [0, 0.1) is 11.8 Å². The summed E-state index contributed by atoms with van der Waals surface area (Å²) < 4.78 is 0. The number of nitrogens with one attached hydrogen (secondary N) is 1. The van der Waals surface area contributed by atoms with Gasteiger partial charge in [-0.1, -0.05) is 40.5 Å². The second-order valence-electron chi connectivity index (χ2n) is 5.04. The minimum atomic E-state index is -0.977. The standard InChI is InChI=1S/C13H26N2O3/c1-6-9(3)8-15(5)13(18)14-11(12(16)17)10(4)7-2/h9-11H,6-8H2,1-5H3,(H,14,18)(H,16,17)/t9?,10-,11-/m0/s1. The fourth-order valence-electron chi connectivity index (χ4n) is 1.61. The number of carbonyl (C=O) groups excluding carboxylic acids is 1. The molecule has 5 heteroatoms. The van der Waals surface area contributed by atoms with Crippen molar-refractivity contribution < 1.29 is 14.7 Å². The van der Waals surface area contributed by atoms with E-state index in [4.69, 9.17) is 5.11 Å². The van der Waals surface area contributed by atoms with Crippen molar-refractivity contribution in [2.45, 2.75) is 46.6 Å². The lowest BCUT2D eigenvalue weighted by Gasteiger charge is -2.26. The average Bonchev–Trinajstić information content (AvgIpc) is 2.33. The molecule has 18 heavy (non-hydrogen) atoms. The molecule has 0 fully saturated rings. The van der Waals surface area contributed by atoms with E-state index in [0.717, 1.165) is 6.42 Å². The highest BCUT2D eigenvalue weighted by atomic mass is 16.4. The van der Waals surface area contributed by atoms with Crippen molar-refractivity contribution in [3.8, 4) is 0 Å². The highest BCUT2D eigenvalue weighted by Crippen LogP contribution is 2.09. The van der Waals surface area contributed by atoms with E-state index in [1.165, 1.54) is 0 Å². The van der Waals surface area contributed by atoms with E-state index in [-0.39, 0.29) is 11.9 Å². The van der Waals surface area contributed by atoms with Crippen LogP contribution in [0.1, 0.15) is 40.5 Å². The molecule has 0 aliphatic carbocycles. The lowest BCUT2D eigenvalue weighted by atomic mass is 9.99.